The quantitative estimate of drug-likeness (QED) is 0.160. The van der Waals surface area contributed by atoms with Crippen LogP contribution in [0.5, 0.6) is 0 Å². The topological polar surface area (TPSA) is 117 Å². The summed E-state index contributed by atoms with van der Waals surface area (Å²) >= 11 is 1.18. The molecular weight excluding hydrogens is 542 g/mol. The van der Waals surface area contributed by atoms with Crippen LogP contribution in [0, 0.1) is 10.1 Å². The molecule has 0 amide bonds. The van der Waals surface area contributed by atoms with Crippen molar-refractivity contribution >= 4 is 39.8 Å². The maximum atomic E-state index is 14.0. The zero-order valence-electron chi connectivity index (χ0n) is 22.1. The zero-order chi connectivity index (χ0) is 28.7. The normalized spacial score (nSPS) is 15.1. The zero-order valence-corrected chi connectivity index (χ0v) is 22.9. The first kappa shape index (κ1) is 26.1. The average Bonchev–Trinajstić information content (AvgIpc) is 3.56. The molecule has 1 atom stereocenters. The summed E-state index contributed by atoms with van der Waals surface area (Å²) in [5.41, 5.74) is 1.48. The number of para-hydroxylation sites is 1. The number of rotatable bonds is 6. The van der Waals surface area contributed by atoms with Crippen molar-refractivity contribution < 1.29 is 18.9 Å². The molecule has 2 aromatic heterocycles. The molecule has 41 heavy (non-hydrogen) atoms. The largest absolute Gasteiger partial charge is 0.463 e. The molecule has 3 heterocycles. The van der Waals surface area contributed by atoms with Crippen LogP contribution in [0.15, 0.2) is 104 Å². The van der Waals surface area contributed by atoms with Gasteiger partial charge in [-0.2, -0.15) is 0 Å². The van der Waals surface area contributed by atoms with E-state index < -0.39 is 16.9 Å². The Kier molecular flexibility index (Phi) is 6.68. The first-order valence-electron chi connectivity index (χ1n) is 12.9. The molecule has 0 unspecified atom stereocenters. The highest BCUT2D eigenvalue weighted by molar-refractivity contribution is 7.07. The minimum atomic E-state index is -0.752. The van der Waals surface area contributed by atoms with Crippen molar-refractivity contribution in [3.05, 3.63) is 131 Å². The van der Waals surface area contributed by atoms with Crippen LogP contribution in [-0.4, -0.2) is 22.1 Å². The Morgan fingerprint density at radius 2 is 1.85 bits per heavy atom. The first-order valence-corrected chi connectivity index (χ1v) is 13.7. The van der Waals surface area contributed by atoms with Gasteiger partial charge in [0.15, 0.2) is 4.80 Å². The Bertz CT molecular complexity index is 2060. The van der Waals surface area contributed by atoms with Gasteiger partial charge in [0.1, 0.15) is 11.5 Å². The molecule has 204 valence electrons. The maximum Gasteiger partial charge on any atom is 0.338 e. The molecule has 0 bridgehead atoms. The summed E-state index contributed by atoms with van der Waals surface area (Å²) in [6, 6.07) is 22.4. The number of ether oxygens (including phenoxy) is 1. The van der Waals surface area contributed by atoms with Crippen LogP contribution in [0.1, 0.15) is 31.2 Å². The van der Waals surface area contributed by atoms with E-state index >= 15 is 0 Å². The van der Waals surface area contributed by atoms with E-state index in [1.54, 1.807) is 50.3 Å². The molecule has 0 N–H and O–H groups in total. The second-order valence-corrected chi connectivity index (χ2v) is 10.4. The van der Waals surface area contributed by atoms with Gasteiger partial charge in [-0.25, -0.2) is 9.79 Å². The van der Waals surface area contributed by atoms with Crippen molar-refractivity contribution in [3.63, 3.8) is 0 Å². The number of nitro groups is 1. The number of nitro benzene ring substituents is 1. The summed E-state index contributed by atoms with van der Waals surface area (Å²) in [6.45, 7) is 3.66. The lowest BCUT2D eigenvalue weighted by Gasteiger charge is -2.25. The van der Waals surface area contributed by atoms with E-state index in [9.17, 15) is 19.7 Å². The summed E-state index contributed by atoms with van der Waals surface area (Å²) in [5.74, 6) is 0.137. The van der Waals surface area contributed by atoms with E-state index in [2.05, 4.69) is 4.99 Å². The van der Waals surface area contributed by atoms with Crippen LogP contribution in [0.2, 0.25) is 0 Å². The summed E-state index contributed by atoms with van der Waals surface area (Å²) in [4.78, 5) is 43.3. The third kappa shape index (κ3) is 4.57. The first-order chi connectivity index (χ1) is 19.9. The monoisotopic (exact) mass is 565 g/mol. The number of esters is 1. The van der Waals surface area contributed by atoms with E-state index in [-0.39, 0.29) is 17.9 Å². The minimum absolute atomic E-state index is 0.0789. The van der Waals surface area contributed by atoms with Gasteiger partial charge < -0.3 is 9.15 Å². The third-order valence-corrected chi connectivity index (χ3v) is 7.88. The fraction of sp³-hybridized carbons (Fsp3) is 0.129. The van der Waals surface area contributed by atoms with Crippen LogP contribution in [0.4, 0.5) is 5.69 Å². The summed E-state index contributed by atoms with van der Waals surface area (Å²) < 4.78 is 13.2. The van der Waals surface area contributed by atoms with Crippen LogP contribution in [0.25, 0.3) is 28.2 Å². The predicted octanol–water partition coefficient (Wildman–Crippen LogP) is 5.12. The van der Waals surface area contributed by atoms with Gasteiger partial charge in [0.2, 0.25) is 0 Å². The fourth-order valence-corrected chi connectivity index (χ4v) is 6.15. The number of benzene rings is 3. The standard InChI is InChI=1S/C31H23N3O6S/c1-3-39-30(36)27-18(2)32-31-33(28(27)22-13-8-10-19-9-4-5-11-21(19)22)29(35)26(41-31)17-20-15-16-25(40-20)23-12-6-7-14-24(23)34(37)38/h4-17,28H,3H2,1-2H3/b26-17+/t28-/m0/s1. The third-order valence-electron chi connectivity index (χ3n) is 6.90. The van der Waals surface area contributed by atoms with Gasteiger partial charge >= 0.3 is 5.97 Å². The summed E-state index contributed by atoms with van der Waals surface area (Å²) in [7, 11) is 0. The highest BCUT2D eigenvalue weighted by Crippen LogP contribution is 2.35. The number of hydrogen-bond acceptors (Lipinski definition) is 8. The Morgan fingerprint density at radius 3 is 2.66 bits per heavy atom. The molecule has 6 rings (SSSR count). The molecule has 9 nitrogen and oxygen atoms in total. The fourth-order valence-electron chi connectivity index (χ4n) is 5.12. The Labute approximate surface area is 237 Å². The minimum Gasteiger partial charge on any atom is -0.463 e. The highest BCUT2D eigenvalue weighted by Gasteiger charge is 2.34. The van der Waals surface area contributed by atoms with E-state index in [0.29, 0.717) is 37.7 Å². The molecule has 0 saturated carbocycles. The van der Waals surface area contributed by atoms with Crippen molar-refractivity contribution in [1.82, 2.24) is 4.57 Å². The van der Waals surface area contributed by atoms with Crippen molar-refractivity contribution in [1.29, 1.82) is 0 Å². The van der Waals surface area contributed by atoms with Gasteiger partial charge in [0.05, 0.1) is 38.9 Å². The number of allylic oxidation sites excluding steroid dienone is 1. The number of aromatic nitrogens is 1. The molecule has 3 aromatic carbocycles. The van der Waals surface area contributed by atoms with Crippen molar-refractivity contribution in [2.45, 2.75) is 19.9 Å². The Morgan fingerprint density at radius 1 is 1.10 bits per heavy atom. The number of furan rings is 1. The van der Waals surface area contributed by atoms with Crippen LogP contribution in [0.3, 0.4) is 0 Å². The molecule has 0 spiro atoms. The van der Waals surface area contributed by atoms with Gasteiger partial charge in [-0.3, -0.25) is 19.5 Å². The molecule has 1 aliphatic heterocycles. The average molecular weight is 566 g/mol. The molecular formula is C31H23N3O6S. The summed E-state index contributed by atoms with van der Waals surface area (Å²) in [6.07, 6.45) is 1.59. The number of nitrogens with zero attached hydrogens (tertiary/aromatic N) is 3. The number of carbonyl (C=O) groups excluding carboxylic acids is 1. The van der Waals surface area contributed by atoms with Crippen molar-refractivity contribution in [2.24, 2.45) is 4.99 Å². The molecule has 0 saturated heterocycles. The van der Waals surface area contributed by atoms with Gasteiger partial charge in [-0.15, -0.1) is 0 Å². The maximum absolute atomic E-state index is 14.0. The van der Waals surface area contributed by atoms with E-state index in [4.69, 9.17) is 9.15 Å². The summed E-state index contributed by atoms with van der Waals surface area (Å²) in [5, 5.41) is 13.4. The predicted molar refractivity (Wildman–Crippen MR) is 155 cm³/mol. The second-order valence-electron chi connectivity index (χ2n) is 9.35. The van der Waals surface area contributed by atoms with E-state index in [1.807, 2.05) is 42.5 Å². The van der Waals surface area contributed by atoms with E-state index in [0.717, 1.165) is 16.3 Å². The van der Waals surface area contributed by atoms with Crippen LogP contribution < -0.4 is 14.9 Å². The lowest BCUT2D eigenvalue weighted by atomic mass is 9.91. The molecule has 1 aliphatic rings. The molecule has 0 fully saturated rings. The highest BCUT2D eigenvalue weighted by atomic mass is 32.1. The molecule has 0 radical (unpaired) electrons. The van der Waals surface area contributed by atoms with Gasteiger partial charge in [0, 0.05) is 12.1 Å². The van der Waals surface area contributed by atoms with Crippen molar-refractivity contribution in [3.8, 4) is 11.3 Å². The van der Waals surface area contributed by atoms with Gasteiger partial charge in [-0.05, 0) is 48.4 Å². The van der Waals surface area contributed by atoms with Crippen LogP contribution in [-0.2, 0) is 9.53 Å². The second kappa shape index (κ2) is 10.5. The Hall–Kier alpha value is -5.09. The lowest BCUT2D eigenvalue weighted by molar-refractivity contribution is -0.384. The van der Waals surface area contributed by atoms with Gasteiger partial charge in [-0.1, -0.05) is 65.9 Å². The van der Waals surface area contributed by atoms with Crippen molar-refractivity contribution in [2.75, 3.05) is 6.61 Å². The molecule has 0 aliphatic carbocycles. The smallest absolute Gasteiger partial charge is 0.338 e. The van der Waals surface area contributed by atoms with Gasteiger partial charge in [0.25, 0.3) is 11.2 Å². The number of fused-ring (bicyclic) bond motifs is 2. The number of carbonyl (C=O) groups is 1. The van der Waals surface area contributed by atoms with Crippen LogP contribution >= 0.6 is 11.3 Å². The number of thiazole rings is 1. The van der Waals surface area contributed by atoms with E-state index in [1.165, 1.54) is 22.0 Å². The Balaban J connectivity index is 1.53. The number of hydrogen-bond donors (Lipinski definition) is 0. The lowest BCUT2D eigenvalue weighted by Crippen LogP contribution is -2.40. The molecule has 5 aromatic rings. The molecule has 10 heteroatoms. The SMILES string of the molecule is CCOC(=O)C1=C(C)N=c2s/c(=C/c3ccc(-c4ccccc4[N+](=O)[O-])o3)c(=O)n2[C@H]1c1cccc2ccccc12.